The van der Waals surface area contributed by atoms with E-state index in [1.807, 2.05) is 18.2 Å². The molecule has 3 nitrogen and oxygen atoms in total. The first-order valence-corrected chi connectivity index (χ1v) is 6.07. The zero-order chi connectivity index (χ0) is 11.0. The molecule has 1 fully saturated rings. The van der Waals surface area contributed by atoms with Gasteiger partial charge in [0.25, 0.3) is 0 Å². The lowest BCUT2D eigenvalue weighted by molar-refractivity contribution is 0.120. The fourth-order valence-electron chi connectivity index (χ4n) is 2.39. The minimum absolute atomic E-state index is 0. The molecule has 1 atom stereocenters. The lowest BCUT2D eigenvalue weighted by Gasteiger charge is -2.33. The molecule has 1 unspecified atom stereocenters. The Morgan fingerprint density at radius 2 is 2.17 bits per heavy atom. The molecule has 0 aromatic heterocycles. The van der Waals surface area contributed by atoms with Gasteiger partial charge in [-0.05, 0) is 18.2 Å². The molecule has 1 aromatic carbocycles. The van der Waals surface area contributed by atoms with E-state index in [1.165, 1.54) is 5.56 Å². The fourth-order valence-corrected chi connectivity index (χ4v) is 2.59. The monoisotopic (exact) mass is 310 g/mol. The highest BCUT2D eigenvalue weighted by atomic mass is 35.5. The maximum atomic E-state index is 6.02. The SMILES string of the molecule is Cl.Cl.Clc1ccc2c(c1)CN1CCNCC1CO2. The van der Waals surface area contributed by atoms with Crippen molar-refractivity contribution in [3.8, 4) is 5.75 Å². The Morgan fingerprint density at radius 1 is 1.33 bits per heavy atom. The Balaban J connectivity index is 0.000000810. The standard InChI is InChI=1S/C12H15ClN2O.2ClH/c13-10-1-2-12-9(5-10)7-15-4-3-14-6-11(15)8-16-12;;/h1-2,5,11,14H,3-4,6-8H2;2*1H. The van der Waals surface area contributed by atoms with Crippen molar-refractivity contribution in [2.24, 2.45) is 0 Å². The number of nitrogens with zero attached hydrogens (tertiary/aromatic N) is 1. The second-order valence-corrected chi connectivity index (χ2v) is 4.83. The number of nitrogens with one attached hydrogen (secondary N) is 1. The van der Waals surface area contributed by atoms with Gasteiger partial charge in [-0.1, -0.05) is 11.6 Å². The Kier molecular flexibility index (Phi) is 6.02. The Hall–Kier alpha value is -0.190. The van der Waals surface area contributed by atoms with Crippen LogP contribution >= 0.6 is 36.4 Å². The zero-order valence-corrected chi connectivity index (χ0v) is 12.3. The number of halogens is 3. The third-order valence-corrected chi connectivity index (χ3v) is 3.53. The molecule has 102 valence electrons. The van der Waals surface area contributed by atoms with E-state index in [4.69, 9.17) is 16.3 Å². The normalized spacial score (nSPS) is 22.4. The molecule has 0 aliphatic carbocycles. The summed E-state index contributed by atoms with van der Waals surface area (Å²) in [5.74, 6) is 0.985. The van der Waals surface area contributed by atoms with Crippen LogP contribution in [-0.2, 0) is 6.54 Å². The van der Waals surface area contributed by atoms with Crippen LogP contribution in [0.5, 0.6) is 5.75 Å². The van der Waals surface area contributed by atoms with Crippen molar-refractivity contribution < 1.29 is 4.74 Å². The average molecular weight is 312 g/mol. The molecule has 3 rings (SSSR count). The Bertz CT molecular complexity index is 403. The number of piperazine rings is 1. The highest BCUT2D eigenvalue weighted by Gasteiger charge is 2.26. The predicted molar refractivity (Wildman–Crippen MR) is 78.5 cm³/mol. The first kappa shape index (κ1) is 15.9. The maximum Gasteiger partial charge on any atom is 0.123 e. The van der Waals surface area contributed by atoms with Crippen LogP contribution < -0.4 is 10.1 Å². The van der Waals surface area contributed by atoms with Gasteiger partial charge in [0.15, 0.2) is 0 Å². The van der Waals surface area contributed by atoms with Crippen molar-refractivity contribution in [2.75, 3.05) is 26.2 Å². The van der Waals surface area contributed by atoms with Crippen LogP contribution in [0.1, 0.15) is 5.56 Å². The molecule has 0 saturated carbocycles. The molecule has 0 bridgehead atoms. The summed E-state index contributed by atoms with van der Waals surface area (Å²) in [5.41, 5.74) is 1.21. The largest absolute Gasteiger partial charge is 0.492 e. The number of rotatable bonds is 0. The predicted octanol–water partition coefficient (Wildman–Crippen LogP) is 2.35. The maximum absolute atomic E-state index is 6.02. The van der Waals surface area contributed by atoms with Crippen molar-refractivity contribution in [3.05, 3.63) is 28.8 Å². The summed E-state index contributed by atoms with van der Waals surface area (Å²) < 4.78 is 5.83. The van der Waals surface area contributed by atoms with Gasteiger partial charge in [0, 0.05) is 36.8 Å². The lowest BCUT2D eigenvalue weighted by atomic mass is 10.1. The van der Waals surface area contributed by atoms with Crippen LogP contribution in [0, 0.1) is 0 Å². The van der Waals surface area contributed by atoms with E-state index < -0.39 is 0 Å². The van der Waals surface area contributed by atoms with Gasteiger partial charge in [0.1, 0.15) is 12.4 Å². The van der Waals surface area contributed by atoms with E-state index in [0.29, 0.717) is 6.04 Å². The molecule has 0 amide bonds. The van der Waals surface area contributed by atoms with Gasteiger partial charge in [0.2, 0.25) is 0 Å². The van der Waals surface area contributed by atoms with Crippen molar-refractivity contribution in [2.45, 2.75) is 12.6 Å². The van der Waals surface area contributed by atoms with Gasteiger partial charge in [-0.15, -0.1) is 24.8 Å². The second-order valence-electron chi connectivity index (χ2n) is 4.39. The summed E-state index contributed by atoms with van der Waals surface area (Å²) >= 11 is 6.02. The summed E-state index contributed by atoms with van der Waals surface area (Å²) in [6, 6.07) is 6.37. The number of benzene rings is 1. The van der Waals surface area contributed by atoms with Crippen LogP contribution in [0.15, 0.2) is 18.2 Å². The molecular formula is C12H17Cl3N2O. The van der Waals surface area contributed by atoms with E-state index in [9.17, 15) is 0 Å². The molecule has 2 aliphatic heterocycles. The van der Waals surface area contributed by atoms with E-state index >= 15 is 0 Å². The summed E-state index contributed by atoms with van der Waals surface area (Å²) in [6.07, 6.45) is 0. The van der Waals surface area contributed by atoms with Crippen LogP contribution in [0.2, 0.25) is 5.02 Å². The van der Waals surface area contributed by atoms with E-state index in [0.717, 1.165) is 43.6 Å². The van der Waals surface area contributed by atoms with E-state index in [1.54, 1.807) is 0 Å². The van der Waals surface area contributed by atoms with Crippen LogP contribution in [0.3, 0.4) is 0 Å². The molecule has 1 aromatic rings. The van der Waals surface area contributed by atoms with Gasteiger partial charge >= 0.3 is 0 Å². The van der Waals surface area contributed by atoms with Crippen molar-refractivity contribution in [1.29, 1.82) is 0 Å². The van der Waals surface area contributed by atoms with Crippen molar-refractivity contribution in [1.82, 2.24) is 10.2 Å². The van der Waals surface area contributed by atoms with Gasteiger partial charge in [0.05, 0.1) is 6.04 Å². The van der Waals surface area contributed by atoms with E-state index in [-0.39, 0.29) is 24.8 Å². The minimum Gasteiger partial charge on any atom is -0.492 e. The van der Waals surface area contributed by atoms with Gasteiger partial charge < -0.3 is 10.1 Å². The van der Waals surface area contributed by atoms with Crippen molar-refractivity contribution in [3.63, 3.8) is 0 Å². The highest BCUT2D eigenvalue weighted by Crippen LogP contribution is 2.28. The lowest BCUT2D eigenvalue weighted by Crippen LogP contribution is -2.52. The molecule has 1 saturated heterocycles. The quantitative estimate of drug-likeness (QED) is 0.796. The topological polar surface area (TPSA) is 24.5 Å². The molecular weight excluding hydrogens is 295 g/mol. The third kappa shape index (κ3) is 3.22. The number of hydrogen-bond donors (Lipinski definition) is 1. The molecule has 2 aliphatic rings. The number of ether oxygens (including phenoxy) is 1. The summed E-state index contributed by atoms with van der Waals surface area (Å²) in [6.45, 7) is 4.87. The zero-order valence-electron chi connectivity index (χ0n) is 9.89. The second kappa shape index (κ2) is 6.83. The summed E-state index contributed by atoms with van der Waals surface area (Å²) in [7, 11) is 0. The van der Waals surface area contributed by atoms with Crippen molar-refractivity contribution >= 4 is 36.4 Å². The van der Waals surface area contributed by atoms with E-state index in [2.05, 4.69) is 10.2 Å². The van der Waals surface area contributed by atoms with Gasteiger partial charge in [-0.25, -0.2) is 0 Å². The molecule has 1 N–H and O–H groups in total. The Labute approximate surface area is 125 Å². The Morgan fingerprint density at radius 3 is 3.00 bits per heavy atom. The molecule has 2 heterocycles. The number of hydrogen-bond acceptors (Lipinski definition) is 3. The summed E-state index contributed by atoms with van der Waals surface area (Å²) in [4.78, 5) is 2.47. The minimum atomic E-state index is 0. The molecule has 18 heavy (non-hydrogen) atoms. The number of fused-ring (bicyclic) bond motifs is 2. The summed E-state index contributed by atoms with van der Waals surface area (Å²) in [5, 5.41) is 4.19. The first-order chi connectivity index (χ1) is 7.83. The molecule has 0 spiro atoms. The average Bonchev–Trinajstić information content (AvgIpc) is 2.47. The van der Waals surface area contributed by atoms with Gasteiger partial charge in [-0.2, -0.15) is 0 Å². The van der Waals surface area contributed by atoms with Crippen LogP contribution in [0.25, 0.3) is 0 Å². The fraction of sp³-hybridized carbons (Fsp3) is 0.500. The van der Waals surface area contributed by atoms with Crippen LogP contribution in [0.4, 0.5) is 0 Å². The highest BCUT2D eigenvalue weighted by molar-refractivity contribution is 6.30. The molecule has 0 radical (unpaired) electrons. The third-order valence-electron chi connectivity index (χ3n) is 3.30. The first-order valence-electron chi connectivity index (χ1n) is 5.69. The smallest absolute Gasteiger partial charge is 0.123 e. The molecule has 6 heteroatoms. The van der Waals surface area contributed by atoms with Crippen LogP contribution in [-0.4, -0.2) is 37.2 Å². The van der Waals surface area contributed by atoms with Gasteiger partial charge in [-0.3, -0.25) is 4.90 Å².